The molecule has 1 amide bonds. The van der Waals surface area contributed by atoms with Crippen molar-refractivity contribution in [1.29, 1.82) is 0 Å². The third kappa shape index (κ3) is 80.2. The van der Waals surface area contributed by atoms with Crippen LogP contribution in [-0.4, -0.2) is 73.4 Å². The Hall–Kier alpha value is -1.02. The second kappa shape index (κ2) is 77.1. The van der Waals surface area contributed by atoms with E-state index in [2.05, 4.69) is 31.3 Å². The first-order chi connectivity index (χ1) is 46.5. The molecule has 0 rings (SSSR count). The van der Waals surface area contributed by atoms with Crippen molar-refractivity contribution in [3.05, 3.63) is 24.3 Å². The quantitative estimate of drug-likeness (QED) is 0.0243. The number of rotatable bonds is 82. The first-order valence-electron chi connectivity index (χ1n) is 43.2. The van der Waals surface area contributed by atoms with E-state index < -0.39 is 20.0 Å². The van der Waals surface area contributed by atoms with E-state index >= 15 is 0 Å². The molecule has 3 unspecified atom stereocenters. The van der Waals surface area contributed by atoms with Crippen molar-refractivity contribution in [2.24, 2.45) is 0 Å². The Morgan fingerprint density at radius 3 is 0.811 bits per heavy atom. The number of hydrogen-bond donors (Lipinski definition) is 3. The normalized spacial score (nSPS) is 13.5. The van der Waals surface area contributed by atoms with E-state index in [9.17, 15) is 19.4 Å². The predicted octanol–water partition coefficient (Wildman–Crippen LogP) is 28.5. The summed E-state index contributed by atoms with van der Waals surface area (Å²) in [6, 6.07) is -0.846. The van der Waals surface area contributed by atoms with Gasteiger partial charge in [0.05, 0.1) is 39.9 Å². The van der Waals surface area contributed by atoms with Crippen molar-refractivity contribution >= 4 is 13.7 Å². The monoisotopic (exact) mass is 1360 g/mol. The number of nitrogens with one attached hydrogen (secondary N) is 1. The fourth-order valence-corrected chi connectivity index (χ4v) is 14.5. The Kier molecular flexibility index (Phi) is 76.3. The van der Waals surface area contributed by atoms with Crippen LogP contribution in [0.2, 0.25) is 0 Å². The number of allylic oxidation sites excluding steroid dienone is 3. The molecule has 3 atom stereocenters. The van der Waals surface area contributed by atoms with Crippen molar-refractivity contribution in [3.63, 3.8) is 0 Å². The molecule has 0 radical (unpaired) electrons. The summed E-state index contributed by atoms with van der Waals surface area (Å²) in [7, 11) is 1.60. The zero-order chi connectivity index (χ0) is 69.0. The number of likely N-dealkylation sites (N-methyl/N-ethyl adjacent to an activating group) is 1. The molecule has 0 bridgehead atoms. The molecule has 95 heavy (non-hydrogen) atoms. The highest BCUT2D eigenvalue weighted by molar-refractivity contribution is 7.47. The maximum atomic E-state index is 13.1. The van der Waals surface area contributed by atoms with Crippen LogP contribution in [0.1, 0.15) is 470 Å². The minimum absolute atomic E-state index is 0.0651. The fraction of sp³-hybridized carbons (Fsp3) is 0.942. The topological polar surface area (TPSA) is 105 Å². The smallest absolute Gasteiger partial charge is 0.387 e. The summed E-state index contributed by atoms with van der Waals surface area (Å²) in [6.45, 7) is 4.90. The van der Waals surface area contributed by atoms with Crippen LogP contribution in [0, 0.1) is 0 Å². The summed E-state index contributed by atoms with van der Waals surface area (Å²) in [4.78, 5) is 23.5. The standard InChI is InChI=1S/C86H171N2O6P/c1-6-8-10-12-14-16-18-20-22-24-26-28-30-32-34-36-38-40-41-42-43-44-45-46-47-48-50-52-54-56-58-60-62-64-66-68-70-72-74-76-78-80-86(90)87-84(83-94-95(91,92)93-82-81-88(3,4)5)85(89)79-77-75-73-71-69-67-65-63-61-59-57-55-53-51-49-39-37-35-33-31-29-27-25-23-21-19-17-15-13-11-9-7-2/h24,26,77,79,84-85,89H,6-23,25,27-76,78,80-83H2,1-5H3,(H-,87,90,91,92)/p+1/b26-24-,79-77+. The van der Waals surface area contributed by atoms with E-state index in [0.29, 0.717) is 17.4 Å². The van der Waals surface area contributed by atoms with Crippen LogP contribution in [0.3, 0.4) is 0 Å². The van der Waals surface area contributed by atoms with Gasteiger partial charge in [-0.2, -0.15) is 0 Å². The molecule has 0 saturated heterocycles. The number of carbonyl (C=O) groups is 1. The highest BCUT2D eigenvalue weighted by Crippen LogP contribution is 2.43. The molecule has 0 aromatic carbocycles. The summed E-state index contributed by atoms with van der Waals surface area (Å²) in [5.41, 5.74) is 0. The van der Waals surface area contributed by atoms with Gasteiger partial charge in [-0.3, -0.25) is 13.8 Å². The molecule has 566 valence electrons. The second-order valence-electron chi connectivity index (χ2n) is 31.3. The Balaban J connectivity index is 3.87. The lowest BCUT2D eigenvalue weighted by molar-refractivity contribution is -0.870. The molecule has 9 heteroatoms. The number of amides is 1. The number of aliphatic hydroxyl groups is 1. The number of nitrogens with zero attached hydrogens (tertiary/aromatic N) is 1. The maximum Gasteiger partial charge on any atom is 0.472 e. The second-order valence-corrected chi connectivity index (χ2v) is 32.7. The van der Waals surface area contributed by atoms with Crippen LogP contribution in [0.5, 0.6) is 0 Å². The van der Waals surface area contributed by atoms with Gasteiger partial charge >= 0.3 is 7.82 Å². The van der Waals surface area contributed by atoms with E-state index in [1.54, 1.807) is 6.08 Å². The number of phosphoric acid groups is 1. The molecule has 0 fully saturated rings. The van der Waals surface area contributed by atoms with Gasteiger partial charge in [-0.05, 0) is 44.9 Å². The molecular formula is C86H172N2O6P+. The highest BCUT2D eigenvalue weighted by Gasteiger charge is 2.28. The van der Waals surface area contributed by atoms with Gasteiger partial charge in [0.15, 0.2) is 0 Å². The van der Waals surface area contributed by atoms with E-state index in [1.807, 2.05) is 27.2 Å². The van der Waals surface area contributed by atoms with Crippen LogP contribution in [0.4, 0.5) is 0 Å². The lowest BCUT2D eigenvalue weighted by Gasteiger charge is -2.25. The van der Waals surface area contributed by atoms with E-state index in [0.717, 1.165) is 32.1 Å². The molecule has 0 aliphatic heterocycles. The van der Waals surface area contributed by atoms with E-state index in [1.165, 1.54) is 417 Å². The van der Waals surface area contributed by atoms with Crippen LogP contribution in [-0.2, 0) is 18.4 Å². The largest absolute Gasteiger partial charge is 0.472 e. The number of quaternary nitrogens is 1. The van der Waals surface area contributed by atoms with Crippen molar-refractivity contribution in [3.8, 4) is 0 Å². The minimum Gasteiger partial charge on any atom is -0.387 e. The summed E-state index contributed by atoms with van der Waals surface area (Å²) in [5.74, 6) is -0.165. The number of carbonyl (C=O) groups excluding carboxylic acids is 1. The van der Waals surface area contributed by atoms with Crippen molar-refractivity contribution < 1.29 is 32.9 Å². The number of unbranched alkanes of at least 4 members (excludes halogenated alkanes) is 67. The van der Waals surface area contributed by atoms with Crippen LogP contribution in [0.25, 0.3) is 0 Å². The van der Waals surface area contributed by atoms with E-state index in [4.69, 9.17) is 9.05 Å². The van der Waals surface area contributed by atoms with Gasteiger partial charge in [-0.25, -0.2) is 4.57 Å². The van der Waals surface area contributed by atoms with Crippen molar-refractivity contribution in [2.45, 2.75) is 482 Å². The molecule has 3 N–H and O–H groups in total. The van der Waals surface area contributed by atoms with Gasteiger partial charge in [-0.15, -0.1) is 0 Å². The third-order valence-corrected chi connectivity index (χ3v) is 21.4. The Labute approximate surface area is 595 Å². The molecular weight excluding hydrogens is 1190 g/mol. The average Bonchev–Trinajstić information content (AvgIpc) is 2.01. The first kappa shape index (κ1) is 94.0. The molecule has 0 aromatic heterocycles. The summed E-state index contributed by atoms with van der Waals surface area (Å²) >= 11 is 0. The molecule has 0 saturated carbocycles. The lowest BCUT2D eigenvalue weighted by atomic mass is 10.0. The van der Waals surface area contributed by atoms with Crippen LogP contribution >= 0.6 is 7.82 Å². The third-order valence-electron chi connectivity index (χ3n) is 20.4. The molecule has 0 aliphatic rings. The Morgan fingerprint density at radius 2 is 0.568 bits per heavy atom. The predicted molar refractivity (Wildman–Crippen MR) is 420 cm³/mol. The summed E-state index contributed by atoms with van der Waals surface area (Å²) in [5, 5.41) is 14.1. The molecule has 0 aromatic rings. The molecule has 8 nitrogen and oxygen atoms in total. The minimum atomic E-state index is -4.36. The van der Waals surface area contributed by atoms with Gasteiger partial charge in [0.2, 0.25) is 5.91 Å². The average molecular weight is 1360 g/mol. The number of hydrogen-bond acceptors (Lipinski definition) is 5. The van der Waals surface area contributed by atoms with Gasteiger partial charge in [0, 0.05) is 6.42 Å². The Bertz CT molecular complexity index is 1600. The van der Waals surface area contributed by atoms with Gasteiger partial charge in [-0.1, -0.05) is 443 Å². The molecule has 0 aliphatic carbocycles. The maximum absolute atomic E-state index is 13.1. The summed E-state index contributed by atoms with van der Waals surface area (Å²) < 4.78 is 23.9. The first-order valence-corrected chi connectivity index (χ1v) is 44.7. The lowest BCUT2D eigenvalue weighted by Crippen LogP contribution is -2.45. The van der Waals surface area contributed by atoms with E-state index in [-0.39, 0.29) is 19.1 Å². The van der Waals surface area contributed by atoms with Crippen LogP contribution in [0.15, 0.2) is 24.3 Å². The van der Waals surface area contributed by atoms with Gasteiger partial charge < -0.3 is 19.8 Å². The molecule has 0 heterocycles. The fourth-order valence-electron chi connectivity index (χ4n) is 13.8. The van der Waals surface area contributed by atoms with Crippen molar-refractivity contribution in [1.82, 2.24) is 5.32 Å². The summed E-state index contributed by atoms with van der Waals surface area (Å²) in [6.07, 6.45) is 104. The Morgan fingerprint density at radius 1 is 0.347 bits per heavy atom. The zero-order valence-electron chi connectivity index (χ0n) is 65.2. The molecule has 0 spiro atoms. The number of phosphoric ester groups is 1. The zero-order valence-corrected chi connectivity index (χ0v) is 66.1. The van der Waals surface area contributed by atoms with Gasteiger partial charge in [0.1, 0.15) is 13.2 Å². The van der Waals surface area contributed by atoms with Gasteiger partial charge in [0.25, 0.3) is 0 Å². The number of aliphatic hydroxyl groups excluding tert-OH is 1. The SMILES string of the molecule is CCCCCCCCCC/C=C\CCCCCCCCCCCCCCCCCCCCCCCCCCCCCCCC(=O)NC(COP(=O)(O)OCC[N+](C)(C)C)C(O)/C=C/CCCCCCCCCCCCCCCCCCCCCCCCCCCCCCCC. The highest BCUT2D eigenvalue weighted by atomic mass is 31.2. The van der Waals surface area contributed by atoms with Crippen LogP contribution < -0.4 is 5.32 Å². The van der Waals surface area contributed by atoms with Crippen molar-refractivity contribution in [2.75, 3.05) is 40.9 Å².